The molecule has 2 aromatic rings. The molecule has 5 heteroatoms. The predicted octanol–water partition coefficient (Wildman–Crippen LogP) is 3.51. The van der Waals surface area contributed by atoms with Gasteiger partial charge >= 0.3 is 0 Å². The number of benzene rings is 1. The second-order valence-corrected chi connectivity index (χ2v) is 4.02. The third-order valence-electron chi connectivity index (χ3n) is 1.76. The summed E-state index contributed by atoms with van der Waals surface area (Å²) in [5.41, 5.74) is 0.504. The van der Waals surface area contributed by atoms with Crippen molar-refractivity contribution in [3.63, 3.8) is 0 Å². The fourth-order valence-corrected chi connectivity index (χ4v) is 1.85. The largest absolute Gasteiger partial charge is 0.465 e. The average molecular weight is 244 g/mol. The number of ether oxygens (including phenoxy) is 1. The number of aromatic nitrogens is 1. The maximum absolute atomic E-state index is 13.2. The molecule has 0 aliphatic carbocycles. The second-order valence-electron chi connectivity index (χ2n) is 2.82. The molecule has 0 spiro atoms. The molecule has 0 N–H and O–H groups in total. The van der Waals surface area contributed by atoms with Gasteiger partial charge in [-0.25, -0.2) is 4.39 Å². The van der Waals surface area contributed by atoms with E-state index in [4.69, 9.17) is 16.3 Å². The maximum Gasteiger partial charge on any atom is 0.274 e. The monoisotopic (exact) mass is 243 g/mol. The summed E-state index contributed by atoms with van der Waals surface area (Å²) in [7, 11) is 0. The normalized spacial score (nSPS) is 10.3. The van der Waals surface area contributed by atoms with Crippen molar-refractivity contribution in [3.8, 4) is 5.19 Å². The van der Waals surface area contributed by atoms with Crippen LogP contribution in [0.15, 0.2) is 29.6 Å². The number of hydrogen-bond acceptors (Lipinski definition) is 3. The van der Waals surface area contributed by atoms with E-state index in [1.165, 1.54) is 17.4 Å². The molecule has 15 heavy (non-hydrogen) atoms. The van der Waals surface area contributed by atoms with Gasteiger partial charge in [-0.2, -0.15) is 4.98 Å². The molecular weight excluding hydrogens is 237 g/mol. The van der Waals surface area contributed by atoms with Crippen LogP contribution in [0.3, 0.4) is 0 Å². The topological polar surface area (TPSA) is 22.1 Å². The van der Waals surface area contributed by atoms with E-state index < -0.39 is 0 Å². The molecule has 1 aromatic heterocycles. The highest BCUT2D eigenvalue weighted by atomic mass is 35.5. The van der Waals surface area contributed by atoms with Crippen molar-refractivity contribution >= 4 is 22.9 Å². The number of hydrogen-bond donors (Lipinski definition) is 0. The van der Waals surface area contributed by atoms with Crippen LogP contribution in [0.5, 0.6) is 5.19 Å². The first-order valence-electron chi connectivity index (χ1n) is 4.23. The van der Waals surface area contributed by atoms with Crippen LogP contribution < -0.4 is 4.74 Å². The number of rotatable bonds is 3. The summed E-state index contributed by atoms with van der Waals surface area (Å²) in [5.74, 6) is -0.278. The van der Waals surface area contributed by atoms with E-state index in [1.807, 2.05) is 0 Å². The van der Waals surface area contributed by atoms with E-state index in [2.05, 4.69) is 4.98 Å². The highest BCUT2D eigenvalue weighted by Gasteiger charge is 2.04. The Hall–Kier alpha value is -1.13. The van der Waals surface area contributed by atoms with Crippen molar-refractivity contribution in [2.75, 3.05) is 0 Å². The first-order valence-corrected chi connectivity index (χ1v) is 5.48. The van der Waals surface area contributed by atoms with E-state index >= 15 is 0 Å². The van der Waals surface area contributed by atoms with E-state index in [-0.39, 0.29) is 12.4 Å². The Morgan fingerprint density at radius 1 is 1.40 bits per heavy atom. The Morgan fingerprint density at radius 3 is 2.87 bits per heavy atom. The zero-order chi connectivity index (χ0) is 10.7. The molecule has 0 aliphatic rings. The lowest BCUT2D eigenvalue weighted by Crippen LogP contribution is -1.97. The third-order valence-corrected chi connectivity index (χ3v) is 2.84. The molecule has 78 valence electrons. The highest BCUT2D eigenvalue weighted by molar-refractivity contribution is 7.11. The van der Waals surface area contributed by atoms with Crippen molar-refractivity contribution in [2.45, 2.75) is 6.61 Å². The maximum atomic E-state index is 13.2. The van der Waals surface area contributed by atoms with Gasteiger partial charge in [-0.3, -0.25) is 0 Å². The Labute approximate surface area is 95.3 Å². The summed E-state index contributed by atoms with van der Waals surface area (Å²) in [6.07, 6.45) is 0. The van der Waals surface area contributed by atoms with Gasteiger partial charge in [0, 0.05) is 10.9 Å². The minimum atomic E-state index is -0.278. The number of nitrogens with zero attached hydrogens (tertiary/aromatic N) is 1. The lowest BCUT2D eigenvalue weighted by atomic mass is 10.2. The van der Waals surface area contributed by atoms with Crippen molar-refractivity contribution < 1.29 is 9.13 Å². The fraction of sp³-hybridized carbons (Fsp3) is 0.100. The Balaban J connectivity index is 2.02. The van der Waals surface area contributed by atoms with Gasteiger partial charge in [0.2, 0.25) is 0 Å². The summed E-state index contributed by atoms with van der Waals surface area (Å²) in [5, 5.41) is 2.50. The van der Waals surface area contributed by atoms with Crippen molar-refractivity contribution in [1.29, 1.82) is 0 Å². The van der Waals surface area contributed by atoms with Crippen LogP contribution in [0.1, 0.15) is 5.56 Å². The fourth-order valence-electron chi connectivity index (χ4n) is 1.06. The quantitative estimate of drug-likeness (QED) is 0.823. The molecular formula is C10H7ClFNOS. The van der Waals surface area contributed by atoms with Crippen molar-refractivity contribution in [1.82, 2.24) is 4.98 Å². The molecule has 0 radical (unpaired) electrons. The zero-order valence-electron chi connectivity index (χ0n) is 7.61. The van der Waals surface area contributed by atoms with Crippen LogP contribution >= 0.6 is 22.9 Å². The zero-order valence-corrected chi connectivity index (χ0v) is 9.19. The molecule has 0 bridgehead atoms. The molecule has 1 heterocycles. The first-order chi connectivity index (χ1) is 7.25. The molecule has 2 rings (SSSR count). The molecule has 0 unspecified atom stereocenters. The van der Waals surface area contributed by atoms with Crippen LogP contribution in [-0.4, -0.2) is 4.98 Å². The summed E-state index contributed by atoms with van der Waals surface area (Å²) in [6, 6.07) is 6.47. The van der Waals surface area contributed by atoms with E-state index in [0.717, 1.165) is 0 Å². The molecule has 0 amide bonds. The van der Waals surface area contributed by atoms with E-state index in [1.54, 1.807) is 23.6 Å². The van der Waals surface area contributed by atoms with Gasteiger partial charge in [0.15, 0.2) is 0 Å². The minimum absolute atomic E-state index is 0.163. The lowest BCUT2D eigenvalue weighted by molar-refractivity contribution is 0.298. The highest BCUT2D eigenvalue weighted by Crippen LogP contribution is 2.22. The predicted molar refractivity (Wildman–Crippen MR) is 57.9 cm³/mol. The number of thiazole rings is 1. The molecule has 0 atom stereocenters. The second kappa shape index (κ2) is 4.59. The van der Waals surface area contributed by atoms with Gasteiger partial charge in [-0.1, -0.05) is 41.1 Å². The average Bonchev–Trinajstić information content (AvgIpc) is 2.63. The Bertz CT molecular complexity index is 460. The summed E-state index contributed by atoms with van der Waals surface area (Å²) < 4.78 is 18.5. The van der Waals surface area contributed by atoms with Crippen LogP contribution in [0, 0.1) is 5.82 Å². The van der Waals surface area contributed by atoms with Gasteiger partial charge < -0.3 is 4.74 Å². The minimum Gasteiger partial charge on any atom is -0.465 e. The smallest absolute Gasteiger partial charge is 0.274 e. The molecule has 2 nitrogen and oxygen atoms in total. The van der Waals surface area contributed by atoms with Gasteiger partial charge in [0.1, 0.15) is 17.6 Å². The van der Waals surface area contributed by atoms with Gasteiger partial charge in [-0.15, -0.1) is 0 Å². The molecule has 0 fully saturated rings. The van der Waals surface area contributed by atoms with Gasteiger partial charge in [0.05, 0.1) is 0 Å². The number of halogens is 2. The van der Waals surface area contributed by atoms with Crippen molar-refractivity contribution in [3.05, 3.63) is 46.2 Å². The van der Waals surface area contributed by atoms with Crippen LogP contribution in [0.2, 0.25) is 5.15 Å². The van der Waals surface area contributed by atoms with E-state index in [9.17, 15) is 4.39 Å². The summed E-state index contributed by atoms with van der Waals surface area (Å²) in [4.78, 5) is 3.89. The Kier molecular flexibility index (Phi) is 3.18. The molecule has 1 aromatic carbocycles. The summed E-state index contributed by atoms with van der Waals surface area (Å²) >= 11 is 6.91. The van der Waals surface area contributed by atoms with Crippen LogP contribution in [0.4, 0.5) is 4.39 Å². The third kappa shape index (κ3) is 2.67. The first kappa shape index (κ1) is 10.4. The van der Waals surface area contributed by atoms with Crippen LogP contribution in [-0.2, 0) is 6.61 Å². The van der Waals surface area contributed by atoms with Crippen LogP contribution in [0.25, 0.3) is 0 Å². The van der Waals surface area contributed by atoms with E-state index in [0.29, 0.717) is 15.9 Å². The lowest BCUT2D eigenvalue weighted by Gasteiger charge is -2.02. The Morgan fingerprint density at radius 2 is 2.20 bits per heavy atom. The van der Waals surface area contributed by atoms with Gasteiger partial charge in [0.25, 0.3) is 5.19 Å². The molecule has 0 aliphatic heterocycles. The summed E-state index contributed by atoms with van der Waals surface area (Å²) in [6.45, 7) is 0.163. The van der Waals surface area contributed by atoms with Crippen molar-refractivity contribution in [2.24, 2.45) is 0 Å². The molecule has 0 saturated heterocycles. The standard InChI is InChI=1S/C10H7ClFNOS/c11-9-6-15-10(13-9)14-5-7-3-1-2-4-8(7)12/h1-4,6H,5H2. The van der Waals surface area contributed by atoms with Gasteiger partial charge in [-0.05, 0) is 6.07 Å². The molecule has 0 saturated carbocycles. The SMILES string of the molecule is Fc1ccccc1COc1nc(Cl)cs1.